The van der Waals surface area contributed by atoms with E-state index < -0.39 is 9.84 Å². The molecule has 1 aromatic heterocycles. The predicted molar refractivity (Wildman–Crippen MR) is 123 cm³/mol. The molecule has 0 saturated heterocycles. The van der Waals surface area contributed by atoms with E-state index in [-0.39, 0.29) is 10.5 Å². The molecule has 0 atom stereocenters. The smallest absolute Gasteiger partial charge is 0.267 e. The molecule has 0 aliphatic carbocycles. The van der Waals surface area contributed by atoms with Crippen molar-refractivity contribution in [3.05, 3.63) is 112 Å². The van der Waals surface area contributed by atoms with Crippen molar-refractivity contribution in [3.8, 4) is 16.8 Å². The Balaban J connectivity index is 1.88. The molecule has 0 unspecified atom stereocenters. The Morgan fingerprint density at radius 1 is 0.935 bits per heavy atom. The van der Waals surface area contributed by atoms with Crippen LogP contribution in [-0.2, 0) is 16.3 Å². The fraction of sp³-hybridized carbons (Fsp3) is 0.0833. The molecule has 3 aromatic carbocycles. The summed E-state index contributed by atoms with van der Waals surface area (Å²) in [5, 5.41) is 4.88. The molecule has 4 rings (SSSR count). The van der Waals surface area contributed by atoms with Gasteiger partial charge in [0.1, 0.15) is 0 Å². The van der Waals surface area contributed by atoms with Gasteiger partial charge in [-0.2, -0.15) is 9.78 Å². The zero-order valence-electron chi connectivity index (χ0n) is 16.7. The highest BCUT2D eigenvalue weighted by molar-refractivity contribution is 7.90. The van der Waals surface area contributed by atoms with Crippen LogP contribution in [0.2, 0.25) is 5.02 Å². The van der Waals surface area contributed by atoms with Gasteiger partial charge in [-0.05, 0) is 41.5 Å². The van der Waals surface area contributed by atoms with Gasteiger partial charge in [-0.1, -0.05) is 60.1 Å². The topological polar surface area (TPSA) is 69.0 Å². The molecule has 0 amide bonds. The first-order chi connectivity index (χ1) is 14.8. The predicted octanol–water partition coefficient (Wildman–Crippen LogP) is 4.55. The second kappa shape index (κ2) is 8.49. The zero-order chi connectivity index (χ0) is 22.0. The number of benzene rings is 3. The van der Waals surface area contributed by atoms with E-state index in [9.17, 15) is 13.2 Å². The fourth-order valence-corrected chi connectivity index (χ4v) is 4.20. The molecular weight excluding hydrogens is 432 g/mol. The van der Waals surface area contributed by atoms with Crippen molar-refractivity contribution in [2.75, 3.05) is 6.26 Å². The first-order valence-electron chi connectivity index (χ1n) is 9.54. The minimum atomic E-state index is -3.31. The van der Waals surface area contributed by atoms with E-state index in [1.54, 1.807) is 54.7 Å². The Morgan fingerprint density at radius 2 is 1.65 bits per heavy atom. The summed E-state index contributed by atoms with van der Waals surface area (Å²) < 4.78 is 24.9. The van der Waals surface area contributed by atoms with Gasteiger partial charge < -0.3 is 0 Å². The van der Waals surface area contributed by atoms with Gasteiger partial charge in [0.25, 0.3) is 5.56 Å². The summed E-state index contributed by atoms with van der Waals surface area (Å²) in [6, 6.07) is 23.1. The number of rotatable bonds is 5. The maximum atomic E-state index is 13.5. The number of nitrogens with zero attached hydrogens (tertiary/aromatic N) is 2. The minimum Gasteiger partial charge on any atom is -0.267 e. The number of hydrogen-bond acceptors (Lipinski definition) is 4. The lowest BCUT2D eigenvalue weighted by Gasteiger charge is -2.13. The number of aromatic nitrogens is 2. The quantitative estimate of drug-likeness (QED) is 0.447. The molecule has 4 aromatic rings. The second-order valence-electron chi connectivity index (χ2n) is 7.19. The van der Waals surface area contributed by atoms with Gasteiger partial charge >= 0.3 is 0 Å². The van der Waals surface area contributed by atoms with Crippen molar-refractivity contribution in [2.24, 2.45) is 0 Å². The molecule has 0 aliphatic heterocycles. The van der Waals surface area contributed by atoms with Crippen molar-refractivity contribution in [3.63, 3.8) is 0 Å². The Kier molecular flexibility index (Phi) is 5.76. The van der Waals surface area contributed by atoms with E-state index in [0.29, 0.717) is 28.3 Å². The summed E-state index contributed by atoms with van der Waals surface area (Å²) in [5.41, 5.74) is 3.25. The Morgan fingerprint density at radius 3 is 2.29 bits per heavy atom. The van der Waals surface area contributed by atoms with Gasteiger partial charge in [-0.3, -0.25) is 4.79 Å². The van der Waals surface area contributed by atoms with Crippen LogP contribution in [0.5, 0.6) is 0 Å². The first kappa shape index (κ1) is 21.0. The van der Waals surface area contributed by atoms with Crippen LogP contribution >= 0.6 is 11.6 Å². The Bertz CT molecular complexity index is 1400. The minimum absolute atomic E-state index is 0.223. The standard InChI is InChI=1S/C24H19ClN2O3S/c1-31(29,30)21-12-10-18(11-13-21)23-16-26-27(20-9-5-8-19(25)15-20)24(28)22(23)14-17-6-3-2-4-7-17/h2-13,15-16H,14H2,1H3. The molecule has 156 valence electrons. The second-order valence-corrected chi connectivity index (χ2v) is 9.64. The van der Waals surface area contributed by atoms with Crippen molar-refractivity contribution in [1.82, 2.24) is 9.78 Å². The van der Waals surface area contributed by atoms with Crippen LogP contribution in [0.4, 0.5) is 0 Å². The zero-order valence-corrected chi connectivity index (χ0v) is 18.3. The molecule has 31 heavy (non-hydrogen) atoms. The fourth-order valence-electron chi connectivity index (χ4n) is 3.38. The van der Waals surface area contributed by atoms with Crippen LogP contribution in [0.3, 0.4) is 0 Å². The van der Waals surface area contributed by atoms with Gasteiger partial charge in [0.15, 0.2) is 9.84 Å². The molecular formula is C24H19ClN2O3S. The molecule has 0 saturated carbocycles. The van der Waals surface area contributed by atoms with Gasteiger partial charge in [0.2, 0.25) is 0 Å². The molecule has 0 bridgehead atoms. The molecule has 1 heterocycles. The summed E-state index contributed by atoms with van der Waals surface area (Å²) in [4.78, 5) is 13.7. The molecule has 5 nitrogen and oxygen atoms in total. The maximum absolute atomic E-state index is 13.5. The van der Waals surface area contributed by atoms with Crippen LogP contribution in [0, 0.1) is 0 Å². The van der Waals surface area contributed by atoms with Gasteiger partial charge in [-0.15, -0.1) is 0 Å². The van der Waals surface area contributed by atoms with E-state index in [2.05, 4.69) is 5.10 Å². The van der Waals surface area contributed by atoms with Crippen molar-refractivity contribution >= 4 is 21.4 Å². The highest BCUT2D eigenvalue weighted by Gasteiger charge is 2.16. The van der Waals surface area contributed by atoms with Gasteiger partial charge in [0, 0.05) is 28.8 Å². The molecule has 0 N–H and O–H groups in total. The molecule has 7 heteroatoms. The summed E-state index contributed by atoms with van der Waals surface area (Å²) in [6.07, 6.45) is 3.21. The van der Waals surface area contributed by atoms with Crippen LogP contribution in [0.1, 0.15) is 11.1 Å². The lowest BCUT2D eigenvalue weighted by atomic mass is 9.97. The van der Waals surface area contributed by atoms with E-state index in [1.807, 2.05) is 30.3 Å². The summed E-state index contributed by atoms with van der Waals surface area (Å²) in [6.45, 7) is 0. The van der Waals surface area contributed by atoms with Crippen LogP contribution in [-0.4, -0.2) is 24.5 Å². The number of halogens is 1. The SMILES string of the molecule is CS(=O)(=O)c1ccc(-c2cnn(-c3cccc(Cl)c3)c(=O)c2Cc2ccccc2)cc1. The largest absolute Gasteiger partial charge is 0.275 e. The van der Waals surface area contributed by atoms with E-state index in [0.717, 1.165) is 17.4 Å². The average Bonchev–Trinajstić information content (AvgIpc) is 2.75. The monoisotopic (exact) mass is 450 g/mol. The van der Waals surface area contributed by atoms with Crippen LogP contribution in [0.25, 0.3) is 16.8 Å². The molecule has 0 aliphatic rings. The Labute approximate surface area is 185 Å². The lowest BCUT2D eigenvalue weighted by molar-refractivity contribution is 0.602. The highest BCUT2D eigenvalue weighted by Crippen LogP contribution is 2.25. The van der Waals surface area contributed by atoms with Crippen molar-refractivity contribution < 1.29 is 8.42 Å². The average molecular weight is 451 g/mol. The molecule has 0 fully saturated rings. The third-order valence-corrected chi connectivity index (χ3v) is 6.31. The van der Waals surface area contributed by atoms with Gasteiger partial charge in [-0.25, -0.2) is 8.42 Å². The van der Waals surface area contributed by atoms with Crippen molar-refractivity contribution in [2.45, 2.75) is 11.3 Å². The number of sulfone groups is 1. The third-order valence-electron chi connectivity index (χ3n) is 4.95. The van der Waals surface area contributed by atoms with E-state index in [1.165, 1.54) is 4.68 Å². The molecule has 0 spiro atoms. The third kappa shape index (κ3) is 4.60. The summed E-state index contributed by atoms with van der Waals surface area (Å²) >= 11 is 6.10. The number of hydrogen-bond donors (Lipinski definition) is 0. The summed E-state index contributed by atoms with van der Waals surface area (Å²) in [7, 11) is -3.31. The lowest BCUT2D eigenvalue weighted by Crippen LogP contribution is -2.25. The molecule has 0 radical (unpaired) electrons. The maximum Gasteiger partial charge on any atom is 0.275 e. The Hall–Kier alpha value is -3.22. The van der Waals surface area contributed by atoms with Crippen LogP contribution in [0.15, 0.2) is 94.7 Å². The van der Waals surface area contributed by atoms with Crippen LogP contribution < -0.4 is 5.56 Å². The van der Waals surface area contributed by atoms with Crippen molar-refractivity contribution in [1.29, 1.82) is 0 Å². The van der Waals surface area contributed by atoms with Gasteiger partial charge in [0.05, 0.1) is 16.8 Å². The highest BCUT2D eigenvalue weighted by atomic mass is 35.5. The summed E-state index contributed by atoms with van der Waals surface area (Å²) in [5.74, 6) is 0. The van der Waals surface area contributed by atoms with E-state index in [4.69, 9.17) is 11.6 Å². The normalized spacial score (nSPS) is 11.4. The first-order valence-corrected chi connectivity index (χ1v) is 11.8. The van der Waals surface area contributed by atoms with E-state index >= 15 is 0 Å².